The van der Waals surface area contributed by atoms with E-state index in [1.54, 1.807) is 0 Å². The Labute approximate surface area is 122 Å². The van der Waals surface area contributed by atoms with E-state index in [1.807, 2.05) is 12.1 Å². The molecular formula is C14H20BrNO3. The number of ether oxygens (including phenoxy) is 2. The van der Waals surface area contributed by atoms with E-state index >= 15 is 0 Å². The van der Waals surface area contributed by atoms with Crippen LogP contribution in [0.4, 0.5) is 0 Å². The van der Waals surface area contributed by atoms with Crippen molar-refractivity contribution < 1.29 is 14.6 Å². The molecule has 2 N–H and O–H groups in total. The van der Waals surface area contributed by atoms with E-state index in [4.69, 9.17) is 9.47 Å². The molecule has 1 heterocycles. The molecule has 0 bridgehead atoms. The van der Waals surface area contributed by atoms with Crippen molar-refractivity contribution in [1.29, 1.82) is 0 Å². The van der Waals surface area contributed by atoms with Gasteiger partial charge in [0.25, 0.3) is 0 Å². The fraction of sp³-hybridized carbons (Fsp3) is 0.571. The second kappa shape index (κ2) is 6.59. The third kappa shape index (κ3) is 3.84. The van der Waals surface area contributed by atoms with Crippen molar-refractivity contribution in [3.05, 3.63) is 22.2 Å². The number of aliphatic hydroxyl groups excluding tert-OH is 1. The zero-order valence-corrected chi connectivity index (χ0v) is 12.9. The van der Waals surface area contributed by atoms with Crippen LogP contribution in [0, 0.1) is 5.92 Å². The van der Waals surface area contributed by atoms with Crippen molar-refractivity contribution in [2.24, 2.45) is 5.92 Å². The standard InChI is InChI=1S/C14H20BrNO3/c1-9(2)3-11(7-17)16-6-10-4-13-14(5-12(10)15)19-8-18-13/h4-5,9,11,16-17H,3,6-8H2,1-2H3. The van der Waals surface area contributed by atoms with Crippen LogP contribution in [0.2, 0.25) is 0 Å². The lowest BCUT2D eigenvalue weighted by atomic mass is 10.0. The second-order valence-corrected chi connectivity index (χ2v) is 6.04. The number of hydrogen-bond donors (Lipinski definition) is 2. The minimum Gasteiger partial charge on any atom is -0.454 e. The van der Waals surface area contributed by atoms with Gasteiger partial charge in [0, 0.05) is 17.1 Å². The molecule has 0 saturated carbocycles. The van der Waals surface area contributed by atoms with Crippen LogP contribution in [0.5, 0.6) is 11.5 Å². The summed E-state index contributed by atoms with van der Waals surface area (Å²) in [6, 6.07) is 4.02. The van der Waals surface area contributed by atoms with Gasteiger partial charge in [0.1, 0.15) is 0 Å². The topological polar surface area (TPSA) is 50.7 Å². The molecule has 1 atom stereocenters. The summed E-state index contributed by atoms with van der Waals surface area (Å²) in [6.07, 6.45) is 0.957. The molecular weight excluding hydrogens is 310 g/mol. The molecule has 1 aliphatic rings. The van der Waals surface area contributed by atoms with Crippen molar-refractivity contribution >= 4 is 15.9 Å². The summed E-state index contributed by atoms with van der Waals surface area (Å²) in [6.45, 7) is 5.43. The van der Waals surface area contributed by atoms with E-state index in [0.29, 0.717) is 12.5 Å². The molecule has 0 radical (unpaired) electrons. The minimum absolute atomic E-state index is 0.123. The molecule has 0 fully saturated rings. The van der Waals surface area contributed by atoms with Gasteiger partial charge < -0.3 is 19.9 Å². The van der Waals surface area contributed by atoms with Crippen molar-refractivity contribution in [2.45, 2.75) is 32.9 Å². The van der Waals surface area contributed by atoms with Gasteiger partial charge in [-0.25, -0.2) is 0 Å². The average Bonchev–Trinajstić information content (AvgIpc) is 2.80. The fourth-order valence-electron chi connectivity index (χ4n) is 2.14. The van der Waals surface area contributed by atoms with Crippen LogP contribution >= 0.6 is 15.9 Å². The van der Waals surface area contributed by atoms with Crippen molar-refractivity contribution in [1.82, 2.24) is 5.32 Å². The first-order valence-electron chi connectivity index (χ1n) is 6.52. The number of benzene rings is 1. The normalized spacial score (nSPS) is 15.0. The number of nitrogens with one attached hydrogen (secondary N) is 1. The summed E-state index contributed by atoms with van der Waals surface area (Å²) in [5.41, 5.74) is 1.10. The SMILES string of the molecule is CC(C)CC(CO)NCc1cc2c(cc1Br)OCO2. The average molecular weight is 330 g/mol. The van der Waals surface area contributed by atoms with Gasteiger partial charge in [-0.1, -0.05) is 29.8 Å². The van der Waals surface area contributed by atoms with E-state index in [-0.39, 0.29) is 19.4 Å². The smallest absolute Gasteiger partial charge is 0.231 e. The minimum atomic E-state index is 0.123. The number of aliphatic hydroxyl groups is 1. The maximum absolute atomic E-state index is 9.36. The lowest BCUT2D eigenvalue weighted by molar-refractivity contribution is 0.174. The summed E-state index contributed by atoms with van der Waals surface area (Å²) >= 11 is 3.53. The zero-order chi connectivity index (χ0) is 13.8. The lowest BCUT2D eigenvalue weighted by Crippen LogP contribution is -2.33. The molecule has 0 spiro atoms. The van der Waals surface area contributed by atoms with Crippen LogP contribution in [-0.2, 0) is 6.54 Å². The monoisotopic (exact) mass is 329 g/mol. The van der Waals surface area contributed by atoms with E-state index in [2.05, 4.69) is 35.1 Å². The van der Waals surface area contributed by atoms with E-state index < -0.39 is 0 Å². The van der Waals surface area contributed by atoms with Crippen LogP contribution in [0.3, 0.4) is 0 Å². The summed E-state index contributed by atoms with van der Waals surface area (Å²) in [5, 5.41) is 12.7. The molecule has 1 aromatic carbocycles. The van der Waals surface area contributed by atoms with Crippen LogP contribution in [-0.4, -0.2) is 24.5 Å². The Morgan fingerprint density at radius 1 is 1.32 bits per heavy atom. The highest BCUT2D eigenvalue weighted by molar-refractivity contribution is 9.10. The quantitative estimate of drug-likeness (QED) is 0.842. The third-order valence-electron chi connectivity index (χ3n) is 3.10. The molecule has 2 rings (SSSR count). The molecule has 0 amide bonds. The summed E-state index contributed by atoms with van der Waals surface area (Å²) in [4.78, 5) is 0. The van der Waals surface area contributed by atoms with E-state index in [1.165, 1.54) is 0 Å². The van der Waals surface area contributed by atoms with Crippen molar-refractivity contribution in [3.8, 4) is 11.5 Å². The van der Waals surface area contributed by atoms with Crippen LogP contribution in [0.25, 0.3) is 0 Å². The van der Waals surface area contributed by atoms with Gasteiger partial charge in [-0.3, -0.25) is 0 Å². The van der Waals surface area contributed by atoms with Gasteiger partial charge in [0.05, 0.1) is 6.61 Å². The van der Waals surface area contributed by atoms with Crippen LogP contribution in [0.15, 0.2) is 16.6 Å². The molecule has 19 heavy (non-hydrogen) atoms. The Hall–Kier alpha value is -0.780. The molecule has 106 valence electrons. The van der Waals surface area contributed by atoms with Gasteiger partial charge in [-0.15, -0.1) is 0 Å². The Balaban J connectivity index is 1.99. The molecule has 0 saturated heterocycles. The summed E-state index contributed by atoms with van der Waals surface area (Å²) in [7, 11) is 0. The third-order valence-corrected chi connectivity index (χ3v) is 3.84. The lowest BCUT2D eigenvalue weighted by Gasteiger charge is -2.18. The maximum atomic E-state index is 9.36. The summed E-state index contributed by atoms with van der Waals surface area (Å²) < 4.78 is 11.7. The van der Waals surface area contributed by atoms with Gasteiger partial charge in [-0.2, -0.15) is 0 Å². The summed E-state index contributed by atoms with van der Waals surface area (Å²) in [5.74, 6) is 2.12. The van der Waals surface area contributed by atoms with Gasteiger partial charge in [0.2, 0.25) is 6.79 Å². The number of rotatable bonds is 6. The van der Waals surface area contributed by atoms with Gasteiger partial charge in [0.15, 0.2) is 11.5 Å². The van der Waals surface area contributed by atoms with Crippen LogP contribution in [0.1, 0.15) is 25.8 Å². The molecule has 0 aromatic heterocycles. The predicted octanol–water partition coefficient (Wildman–Crippen LogP) is 2.67. The first kappa shape index (κ1) is 14.6. The van der Waals surface area contributed by atoms with Crippen LogP contribution < -0.4 is 14.8 Å². The molecule has 1 aromatic rings. The predicted molar refractivity (Wildman–Crippen MR) is 77.4 cm³/mol. The van der Waals surface area contributed by atoms with Gasteiger partial charge >= 0.3 is 0 Å². The molecule has 1 unspecified atom stereocenters. The molecule has 1 aliphatic heterocycles. The number of fused-ring (bicyclic) bond motifs is 1. The highest BCUT2D eigenvalue weighted by Gasteiger charge is 2.17. The van der Waals surface area contributed by atoms with Gasteiger partial charge in [-0.05, 0) is 30.0 Å². The number of hydrogen-bond acceptors (Lipinski definition) is 4. The highest BCUT2D eigenvalue weighted by atomic mass is 79.9. The van der Waals surface area contributed by atoms with Crippen molar-refractivity contribution in [2.75, 3.05) is 13.4 Å². The maximum Gasteiger partial charge on any atom is 0.231 e. The molecule has 4 nitrogen and oxygen atoms in total. The van der Waals surface area contributed by atoms with Crippen molar-refractivity contribution in [3.63, 3.8) is 0 Å². The Kier molecular flexibility index (Phi) is 5.07. The van der Waals surface area contributed by atoms with E-state index in [9.17, 15) is 5.11 Å². The fourth-order valence-corrected chi connectivity index (χ4v) is 2.60. The molecule has 5 heteroatoms. The molecule has 0 aliphatic carbocycles. The zero-order valence-electron chi connectivity index (χ0n) is 11.3. The second-order valence-electron chi connectivity index (χ2n) is 5.19. The first-order valence-corrected chi connectivity index (χ1v) is 7.31. The highest BCUT2D eigenvalue weighted by Crippen LogP contribution is 2.36. The van der Waals surface area contributed by atoms with E-state index in [0.717, 1.165) is 28.0 Å². The first-order chi connectivity index (χ1) is 9.10. The largest absolute Gasteiger partial charge is 0.454 e. The Bertz CT molecular complexity index is 437. The number of halogens is 1. The Morgan fingerprint density at radius 2 is 2.00 bits per heavy atom. The Morgan fingerprint density at radius 3 is 2.63 bits per heavy atom.